The van der Waals surface area contributed by atoms with Crippen LogP contribution in [0.1, 0.15) is 27.2 Å². The van der Waals surface area contributed by atoms with Gasteiger partial charge in [-0.1, -0.05) is 20.8 Å². The normalized spacial score (nSPS) is 24.3. The van der Waals surface area contributed by atoms with Gasteiger partial charge in [0.25, 0.3) is 0 Å². The molecule has 1 fully saturated rings. The maximum Gasteiger partial charge on any atom is 0.235 e. The average molecular weight is 231 g/mol. The minimum Gasteiger partial charge on any atom is -0.375 e. The molecular weight excluding hydrogens is 210 g/mol. The highest BCUT2D eigenvalue weighted by Gasteiger charge is 2.28. The first-order valence-corrected chi connectivity index (χ1v) is 6.16. The first kappa shape index (κ1) is 12.8. The molecule has 0 spiro atoms. The van der Waals surface area contributed by atoms with Crippen molar-refractivity contribution in [1.82, 2.24) is 4.90 Å². The van der Waals surface area contributed by atoms with E-state index in [9.17, 15) is 4.79 Å². The lowest BCUT2D eigenvalue weighted by molar-refractivity contribution is -0.138. The third-order valence-electron chi connectivity index (χ3n) is 2.79. The molecule has 3 nitrogen and oxygen atoms in total. The molecule has 0 aromatic carbocycles. The number of hydrogen-bond donors (Lipinski definition) is 1. The van der Waals surface area contributed by atoms with Crippen LogP contribution in [0.3, 0.4) is 0 Å². The molecule has 0 bridgehead atoms. The molecule has 88 valence electrons. The zero-order valence-corrected chi connectivity index (χ0v) is 10.7. The molecule has 0 N–H and O–H groups in total. The van der Waals surface area contributed by atoms with Crippen molar-refractivity contribution < 1.29 is 9.53 Å². The molecule has 15 heavy (non-hydrogen) atoms. The molecule has 1 saturated heterocycles. The van der Waals surface area contributed by atoms with Crippen molar-refractivity contribution in [1.29, 1.82) is 0 Å². The van der Waals surface area contributed by atoms with Gasteiger partial charge in [0.15, 0.2) is 0 Å². The molecule has 1 aliphatic heterocycles. The minimum atomic E-state index is -0.180. The first-order chi connectivity index (χ1) is 7.06. The van der Waals surface area contributed by atoms with Gasteiger partial charge in [-0.3, -0.25) is 4.79 Å². The molecule has 1 aliphatic rings. The SMILES string of the molecule is CCC1CN(C(=O)C(S)C(C)C)CCO1. The van der Waals surface area contributed by atoms with Crippen molar-refractivity contribution in [2.45, 2.75) is 38.5 Å². The van der Waals surface area contributed by atoms with Gasteiger partial charge in [0.05, 0.1) is 18.0 Å². The van der Waals surface area contributed by atoms with Crippen LogP contribution in [0.5, 0.6) is 0 Å². The molecule has 2 unspecified atom stereocenters. The zero-order chi connectivity index (χ0) is 11.4. The van der Waals surface area contributed by atoms with E-state index >= 15 is 0 Å². The Morgan fingerprint density at radius 3 is 2.80 bits per heavy atom. The van der Waals surface area contributed by atoms with Gasteiger partial charge < -0.3 is 9.64 Å². The van der Waals surface area contributed by atoms with Gasteiger partial charge in [0.1, 0.15) is 0 Å². The van der Waals surface area contributed by atoms with Crippen molar-refractivity contribution in [3.8, 4) is 0 Å². The molecular formula is C11H21NO2S. The van der Waals surface area contributed by atoms with Crippen LogP contribution in [-0.4, -0.2) is 41.9 Å². The van der Waals surface area contributed by atoms with Crippen LogP contribution in [0.2, 0.25) is 0 Å². The highest BCUT2D eigenvalue weighted by atomic mass is 32.1. The number of morpholine rings is 1. The molecule has 1 heterocycles. The summed E-state index contributed by atoms with van der Waals surface area (Å²) in [6.45, 7) is 8.21. The van der Waals surface area contributed by atoms with E-state index in [1.54, 1.807) is 0 Å². The number of rotatable bonds is 3. The molecule has 0 aromatic rings. The van der Waals surface area contributed by atoms with E-state index in [1.807, 2.05) is 18.7 Å². The Morgan fingerprint density at radius 2 is 2.27 bits per heavy atom. The van der Waals surface area contributed by atoms with Crippen molar-refractivity contribution in [2.24, 2.45) is 5.92 Å². The van der Waals surface area contributed by atoms with Crippen LogP contribution in [0.4, 0.5) is 0 Å². The van der Waals surface area contributed by atoms with Crippen molar-refractivity contribution >= 4 is 18.5 Å². The summed E-state index contributed by atoms with van der Waals surface area (Å²) in [7, 11) is 0. The third-order valence-corrected chi connectivity index (χ3v) is 3.61. The van der Waals surface area contributed by atoms with E-state index in [0.29, 0.717) is 13.2 Å². The molecule has 0 saturated carbocycles. The predicted octanol–water partition coefficient (Wildman–Crippen LogP) is 1.58. The largest absolute Gasteiger partial charge is 0.375 e. The molecule has 4 heteroatoms. The fraction of sp³-hybridized carbons (Fsp3) is 0.909. The minimum absolute atomic E-state index is 0.148. The average Bonchev–Trinajstić information content (AvgIpc) is 2.27. The summed E-state index contributed by atoms with van der Waals surface area (Å²) in [6, 6.07) is 0. The summed E-state index contributed by atoms with van der Waals surface area (Å²) in [5, 5.41) is -0.180. The van der Waals surface area contributed by atoms with Gasteiger partial charge in [-0.2, -0.15) is 12.6 Å². The molecule has 1 amide bonds. The molecule has 0 radical (unpaired) electrons. The maximum absolute atomic E-state index is 12.0. The van der Waals surface area contributed by atoms with Crippen LogP contribution in [0.15, 0.2) is 0 Å². The van der Waals surface area contributed by atoms with E-state index in [0.717, 1.165) is 13.0 Å². The van der Waals surface area contributed by atoms with E-state index in [4.69, 9.17) is 4.74 Å². The number of hydrogen-bond acceptors (Lipinski definition) is 3. The Bertz CT molecular complexity index is 221. The number of nitrogens with zero attached hydrogens (tertiary/aromatic N) is 1. The van der Waals surface area contributed by atoms with Crippen LogP contribution >= 0.6 is 12.6 Å². The number of carbonyl (C=O) groups is 1. The molecule has 1 rings (SSSR count). The highest BCUT2D eigenvalue weighted by molar-refractivity contribution is 7.81. The first-order valence-electron chi connectivity index (χ1n) is 5.64. The molecule has 2 atom stereocenters. The van der Waals surface area contributed by atoms with Gasteiger partial charge >= 0.3 is 0 Å². The smallest absolute Gasteiger partial charge is 0.235 e. The van der Waals surface area contributed by atoms with Gasteiger partial charge in [0.2, 0.25) is 5.91 Å². The van der Waals surface area contributed by atoms with Crippen molar-refractivity contribution in [3.05, 3.63) is 0 Å². The highest BCUT2D eigenvalue weighted by Crippen LogP contribution is 2.16. The number of ether oxygens (including phenoxy) is 1. The summed E-state index contributed by atoms with van der Waals surface area (Å²) in [5.74, 6) is 0.429. The molecule has 0 aromatic heterocycles. The Kier molecular flexibility index (Phi) is 4.93. The summed E-state index contributed by atoms with van der Waals surface area (Å²) in [4.78, 5) is 13.9. The van der Waals surface area contributed by atoms with Crippen LogP contribution in [-0.2, 0) is 9.53 Å². The summed E-state index contributed by atoms with van der Waals surface area (Å²) in [5.41, 5.74) is 0. The number of thiol groups is 1. The van der Waals surface area contributed by atoms with Crippen molar-refractivity contribution in [2.75, 3.05) is 19.7 Å². The van der Waals surface area contributed by atoms with Gasteiger partial charge in [0, 0.05) is 13.1 Å². The van der Waals surface area contributed by atoms with Crippen LogP contribution in [0, 0.1) is 5.92 Å². The fourth-order valence-corrected chi connectivity index (χ4v) is 1.80. The second kappa shape index (κ2) is 5.75. The summed E-state index contributed by atoms with van der Waals surface area (Å²) < 4.78 is 5.53. The Labute approximate surface area is 97.6 Å². The second-order valence-corrected chi connectivity index (χ2v) is 4.93. The molecule has 0 aliphatic carbocycles. The standard InChI is InChI=1S/C11H21NO2S/c1-4-9-7-12(5-6-14-9)11(13)10(15)8(2)3/h8-10,15H,4-7H2,1-3H3. The zero-order valence-electron chi connectivity index (χ0n) is 9.77. The number of amides is 1. The van der Waals surface area contributed by atoms with Gasteiger partial charge in [-0.05, 0) is 12.3 Å². The summed E-state index contributed by atoms with van der Waals surface area (Å²) in [6.07, 6.45) is 1.17. The summed E-state index contributed by atoms with van der Waals surface area (Å²) >= 11 is 4.36. The van der Waals surface area contributed by atoms with Crippen LogP contribution in [0.25, 0.3) is 0 Å². The lowest BCUT2D eigenvalue weighted by atomic mass is 10.1. The Morgan fingerprint density at radius 1 is 1.60 bits per heavy atom. The third kappa shape index (κ3) is 3.38. The van der Waals surface area contributed by atoms with E-state index in [-0.39, 0.29) is 23.2 Å². The maximum atomic E-state index is 12.0. The Balaban J connectivity index is 2.52. The number of carbonyl (C=O) groups excluding carboxylic acids is 1. The van der Waals surface area contributed by atoms with Crippen molar-refractivity contribution in [3.63, 3.8) is 0 Å². The Hall–Kier alpha value is -0.220. The quantitative estimate of drug-likeness (QED) is 0.747. The van der Waals surface area contributed by atoms with Gasteiger partial charge in [-0.15, -0.1) is 0 Å². The van der Waals surface area contributed by atoms with Crippen LogP contribution < -0.4 is 0 Å². The van der Waals surface area contributed by atoms with E-state index in [1.165, 1.54) is 0 Å². The lowest BCUT2D eigenvalue weighted by Crippen LogP contribution is -2.48. The van der Waals surface area contributed by atoms with E-state index in [2.05, 4.69) is 19.6 Å². The monoisotopic (exact) mass is 231 g/mol. The fourth-order valence-electron chi connectivity index (χ4n) is 1.64. The van der Waals surface area contributed by atoms with E-state index < -0.39 is 0 Å². The topological polar surface area (TPSA) is 29.5 Å². The predicted molar refractivity (Wildman–Crippen MR) is 64.2 cm³/mol. The van der Waals surface area contributed by atoms with Gasteiger partial charge in [-0.25, -0.2) is 0 Å². The second-order valence-electron chi connectivity index (χ2n) is 4.37. The lowest BCUT2D eigenvalue weighted by Gasteiger charge is -2.34.